The summed E-state index contributed by atoms with van der Waals surface area (Å²) >= 11 is 2.54. The van der Waals surface area contributed by atoms with Crippen LogP contribution in [-0.4, -0.2) is 21.5 Å². The van der Waals surface area contributed by atoms with E-state index in [1.807, 2.05) is 0 Å². The molecule has 9 heavy (non-hydrogen) atoms. The molecular weight excluding hydrogens is 225 g/mol. The lowest BCUT2D eigenvalue weighted by Crippen LogP contribution is -2.31. The van der Waals surface area contributed by atoms with Gasteiger partial charge in [0.05, 0.1) is 4.05 Å². The molecule has 1 rings (SSSR count). The van der Waals surface area contributed by atoms with Crippen molar-refractivity contribution in [1.82, 2.24) is 4.90 Å². The standard InChI is InChI=1S/C7H14IN/c1-6(2)9-5-3-4-7(9)8/h6-7H,3-5H2,1-2H3. The van der Waals surface area contributed by atoms with Gasteiger partial charge >= 0.3 is 0 Å². The fourth-order valence-corrected chi connectivity index (χ4v) is 2.69. The minimum absolute atomic E-state index is 0.745. The smallest absolute Gasteiger partial charge is 0.0621 e. The molecule has 0 aliphatic carbocycles. The molecule has 1 saturated heterocycles. The maximum absolute atomic E-state index is 2.56. The molecule has 0 N–H and O–H groups in total. The van der Waals surface area contributed by atoms with Crippen LogP contribution >= 0.6 is 22.6 Å². The minimum Gasteiger partial charge on any atom is -0.289 e. The van der Waals surface area contributed by atoms with Crippen LogP contribution in [0.15, 0.2) is 0 Å². The molecule has 54 valence electrons. The van der Waals surface area contributed by atoms with Crippen LogP contribution in [0.4, 0.5) is 0 Å². The van der Waals surface area contributed by atoms with Gasteiger partial charge in [-0.2, -0.15) is 0 Å². The van der Waals surface area contributed by atoms with Crippen molar-refractivity contribution in [3.05, 3.63) is 0 Å². The lowest BCUT2D eigenvalue weighted by atomic mass is 10.3. The summed E-state index contributed by atoms with van der Waals surface area (Å²) in [5, 5.41) is 0. The number of likely N-dealkylation sites (tertiary alicyclic amines) is 1. The SMILES string of the molecule is CC(C)N1CCCC1I. The zero-order valence-electron chi connectivity index (χ0n) is 6.10. The molecule has 0 spiro atoms. The molecule has 0 bridgehead atoms. The summed E-state index contributed by atoms with van der Waals surface area (Å²) in [4.78, 5) is 2.56. The Hall–Kier alpha value is 0.690. The Morgan fingerprint density at radius 2 is 2.22 bits per heavy atom. The molecule has 2 heteroatoms. The van der Waals surface area contributed by atoms with Gasteiger partial charge in [0.2, 0.25) is 0 Å². The summed E-state index contributed by atoms with van der Waals surface area (Å²) in [5.41, 5.74) is 0. The molecule has 1 aliphatic heterocycles. The van der Waals surface area contributed by atoms with Gasteiger partial charge in [0, 0.05) is 6.04 Å². The zero-order valence-corrected chi connectivity index (χ0v) is 8.26. The van der Waals surface area contributed by atoms with E-state index in [2.05, 4.69) is 41.3 Å². The van der Waals surface area contributed by atoms with E-state index in [0.29, 0.717) is 0 Å². The van der Waals surface area contributed by atoms with E-state index in [9.17, 15) is 0 Å². The summed E-state index contributed by atoms with van der Waals surface area (Å²) in [7, 11) is 0. The second-order valence-corrected chi connectivity index (χ2v) is 4.35. The summed E-state index contributed by atoms with van der Waals surface area (Å²) in [6, 6.07) is 0.745. The maximum atomic E-state index is 2.56. The van der Waals surface area contributed by atoms with E-state index in [1.54, 1.807) is 0 Å². The third-order valence-corrected chi connectivity index (χ3v) is 3.22. The summed E-state index contributed by atoms with van der Waals surface area (Å²) in [5.74, 6) is 0. The highest BCUT2D eigenvalue weighted by Gasteiger charge is 2.23. The molecule has 0 aromatic heterocycles. The van der Waals surface area contributed by atoms with Gasteiger partial charge in [0.1, 0.15) is 0 Å². The van der Waals surface area contributed by atoms with Crippen molar-refractivity contribution in [1.29, 1.82) is 0 Å². The Labute approximate surface area is 70.9 Å². The quantitative estimate of drug-likeness (QED) is 0.385. The lowest BCUT2D eigenvalue weighted by Gasteiger charge is -2.23. The number of hydrogen-bond donors (Lipinski definition) is 0. The molecule has 1 aliphatic rings. The molecule has 0 saturated carbocycles. The molecular formula is C7H14IN. The molecule has 0 radical (unpaired) electrons. The van der Waals surface area contributed by atoms with Crippen LogP contribution in [-0.2, 0) is 0 Å². The van der Waals surface area contributed by atoms with Gasteiger partial charge in [-0.05, 0) is 33.2 Å². The molecule has 1 fully saturated rings. The topological polar surface area (TPSA) is 3.24 Å². The molecule has 1 unspecified atom stereocenters. The van der Waals surface area contributed by atoms with Gasteiger partial charge < -0.3 is 0 Å². The first-order valence-corrected chi connectivity index (χ1v) is 4.86. The number of nitrogens with zero attached hydrogens (tertiary/aromatic N) is 1. The highest BCUT2D eigenvalue weighted by atomic mass is 127. The van der Waals surface area contributed by atoms with Gasteiger partial charge in [-0.1, -0.05) is 22.6 Å². The van der Waals surface area contributed by atoms with E-state index in [-0.39, 0.29) is 0 Å². The van der Waals surface area contributed by atoms with E-state index in [4.69, 9.17) is 0 Å². The first-order chi connectivity index (χ1) is 4.22. The maximum Gasteiger partial charge on any atom is 0.0621 e. The Kier molecular flexibility index (Phi) is 2.76. The molecule has 0 amide bonds. The second-order valence-electron chi connectivity index (χ2n) is 2.91. The van der Waals surface area contributed by atoms with Crippen molar-refractivity contribution in [3.63, 3.8) is 0 Å². The average molecular weight is 239 g/mol. The third kappa shape index (κ3) is 1.80. The molecule has 1 atom stereocenters. The van der Waals surface area contributed by atoms with Crippen LogP contribution in [0, 0.1) is 0 Å². The van der Waals surface area contributed by atoms with Gasteiger partial charge in [0.15, 0.2) is 0 Å². The summed E-state index contributed by atoms with van der Waals surface area (Å²) in [6.07, 6.45) is 2.78. The van der Waals surface area contributed by atoms with Crippen LogP contribution in [0.3, 0.4) is 0 Å². The van der Waals surface area contributed by atoms with Gasteiger partial charge in [-0.3, -0.25) is 4.90 Å². The Morgan fingerprint density at radius 1 is 1.56 bits per heavy atom. The van der Waals surface area contributed by atoms with Crippen molar-refractivity contribution in [2.24, 2.45) is 0 Å². The van der Waals surface area contributed by atoms with Crippen molar-refractivity contribution < 1.29 is 0 Å². The van der Waals surface area contributed by atoms with Crippen molar-refractivity contribution in [2.75, 3.05) is 6.54 Å². The molecule has 0 aromatic carbocycles. The van der Waals surface area contributed by atoms with Gasteiger partial charge in [0.25, 0.3) is 0 Å². The fraction of sp³-hybridized carbons (Fsp3) is 1.00. The van der Waals surface area contributed by atoms with Gasteiger partial charge in [-0.25, -0.2) is 0 Å². The van der Waals surface area contributed by atoms with Crippen LogP contribution in [0.25, 0.3) is 0 Å². The molecule has 0 aromatic rings. The van der Waals surface area contributed by atoms with Crippen LogP contribution in [0.1, 0.15) is 26.7 Å². The average Bonchev–Trinajstić information content (AvgIpc) is 2.13. The zero-order chi connectivity index (χ0) is 6.85. The monoisotopic (exact) mass is 239 g/mol. The lowest BCUT2D eigenvalue weighted by molar-refractivity contribution is 0.266. The van der Waals surface area contributed by atoms with Crippen molar-refractivity contribution in [2.45, 2.75) is 36.8 Å². The van der Waals surface area contributed by atoms with Crippen molar-refractivity contribution >= 4 is 22.6 Å². The minimum atomic E-state index is 0.745. The van der Waals surface area contributed by atoms with E-state index in [1.165, 1.54) is 19.4 Å². The second kappa shape index (κ2) is 3.19. The Morgan fingerprint density at radius 3 is 2.44 bits per heavy atom. The number of rotatable bonds is 1. The first-order valence-electron chi connectivity index (χ1n) is 3.61. The predicted molar refractivity (Wildman–Crippen MR) is 48.9 cm³/mol. The number of alkyl halides is 1. The van der Waals surface area contributed by atoms with Crippen LogP contribution in [0.5, 0.6) is 0 Å². The van der Waals surface area contributed by atoms with E-state index in [0.717, 1.165) is 10.1 Å². The van der Waals surface area contributed by atoms with Gasteiger partial charge in [-0.15, -0.1) is 0 Å². The Bertz CT molecular complexity index is 92.9. The molecule has 1 heterocycles. The van der Waals surface area contributed by atoms with E-state index < -0.39 is 0 Å². The normalized spacial score (nSPS) is 30.0. The first kappa shape index (κ1) is 7.79. The van der Waals surface area contributed by atoms with Crippen LogP contribution < -0.4 is 0 Å². The summed E-state index contributed by atoms with van der Waals surface area (Å²) < 4.78 is 0.808. The van der Waals surface area contributed by atoms with Crippen molar-refractivity contribution in [3.8, 4) is 0 Å². The highest BCUT2D eigenvalue weighted by Crippen LogP contribution is 2.24. The molecule has 1 nitrogen and oxygen atoms in total. The number of halogens is 1. The van der Waals surface area contributed by atoms with E-state index >= 15 is 0 Å². The van der Waals surface area contributed by atoms with Crippen LogP contribution in [0.2, 0.25) is 0 Å². The fourth-order valence-electron chi connectivity index (χ4n) is 1.33. The Balaban J connectivity index is 2.40. The number of hydrogen-bond acceptors (Lipinski definition) is 1. The highest BCUT2D eigenvalue weighted by molar-refractivity contribution is 14.1. The third-order valence-electron chi connectivity index (χ3n) is 1.88. The summed E-state index contributed by atoms with van der Waals surface area (Å²) in [6.45, 7) is 5.86. The predicted octanol–water partition coefficient (Wildman–Crippen LogP) is 2.25. The largest absolute Gasteiger partial charge is 0.289 e.